The Hall–Kier alpha value is -2.19. The van der Waals surface area contributed by atoms with Gasteiger partial charge in [0.15, 0.2) is 0 Å². The average Bonchev–Trinajstić information content (AvgIpc) is 3.39. The van der Waals surface area contributed by atoms with E-state index >= 15 is 0 Å². The average molecular weight is 642 g/mol. The number of phosphoric acid groups is 1. The summed E-state index contributed by atoms with van der Waals surface area (Å²) in [4.78, 5) is 26.5. The van der Waals surface area contributed by atoms with Gasteiger partial charge in [-0.2, -0.15) is 10.5 Å². The summed E-state index contributed by atoms with van der Waals surface area (Å²) >= 11 is 8.76. The van der Waals surface area contributed by atoms with E-state index in [-0.39, 0.29) is 67.9 Å². The molecule has 15 heteroatoms. The molecule has 0 amide bonds. The van der Waals surface area contributed by atoms with E-state index in [1.54, 1.807) is 36.4 Å². The Labute approximate surface area is 273 Å². The molecular weight excluding hydrogens is 621 g/mol. The SMILES string of the molecule is N#Cc1c(N)nc(SCc2csc(-c3ccc(Cl)cc3)n2)c(C#N)c1-c1ccc(OCCOP(=O)(O)O)cc1.[CaH2]. The van der Waals surface area contributed by atoms with Gasteiger partial charge in [0.25, 0.3) is 0 Å². The van der Waals surface area contributed by atoms with E-state index < -0.39 is 7.82 Å². The number of nitrogens with two attached hydrogens (primary N) is 1. The van der Waals surface area contributed by atoms with E-state index in [1.807, 2.05) is 23.6 Å². The summed E-state index contributed by atoms with van der Waals surface area (Å²) in [6.07, 6.45) is 0. The van der Waals surface area contributed by atoms with E-state index in [0.29, 0.717) is 32.7 Å². The molecule has 4 aromatic rings. The molecule has 40 heavy (non-hydrogen) atoms. The number of halogens is 1. The second-order valence-electron chi connectivity index (χ2n) is 7.79. The van der Waals surface area contributed by atoms with Crippen LogP contribution in [0.25, 0.3) is 21.7 Å². The van der Waals surface area contributed by atoms with Gasteiger partial charge in [0.1, 0.15) is 45.9 Å². The third-order valence-electron chi connectivity index (χ3n) is 5.17. The topological polar surface area (TPSA) is 175 Å². The molecule has 2 heterocycles. The van der Waals surface area contributed by atoms with Crippen LogP contribution in [0.15, 0.2) is 58.9 Å². The Bertz CT molecular complexity index is 1620. The second-order valence-corrected chi connectivity index (χ2v) is 11.3. The van der Waals surface area contributed by atoms with Crippen molar-refractivity contribution in [1.29, 1.82) is 10.5 Å². The van der Waals surface area contributed by atoms with Gasteiger partial charge in [-0.15, -0.1) is 11.3 Å². The van der Waals surface area contributed by atoms with E-state index in [1.165, 1.54) is 23.1 Å². The molecule has 0 aliphatic heterocycles. The van der Waals surface area contributed by atoms with Crippen LogP contribution in [-0.4, -0.2) is 70.7 Å². The summed E-state index contributed by atoms with van der Waals surface area (Å²) in [6, 6.07) is 18.1. The van der Waals surface area contributed by atoms with E-state index in [4.69, 9.17) is 31.9 Å². The Morgan fingerprint density at radius 2 is 1.65 bits per heavy atom. The van der Waals surface area contributed by atoms with Crippen LogP contribution < -0.4 is 10.5 Å². The molecule has 2 aromatic heterocycles. The minimum absolute atomic E-state index is 0. The number of nitrogens with zero attached hydrogens (tertiary/aromatic N) is 4. The van der Waals surface area contributed by atoms with Crippen LogP contribution in [0.2, 0.25) is 5.02 Å². The number of aromatic nitrogens is 2. The molecule has 4 rings (SSSR count). The number of anilines is 1. The molecule has 0 fully saturated rings. The number of ether oxygens (including phenoxy) is 1. The second kappa shape index (κ2) is 14.6. The Balaban J connectivity index is 0.00000441. The first-order valence-electron chi connectivity index (χ1n) is 11.1. The van der Waals surface area contributed by atoms with Gasteiger partial charge in [-0.25, -0.2) is 14.5 Å². The van der Waals surface area contributed by atoms with Gasteiger partial charge in [0, 0.05) is 27.3 Å². The predicted molar refractivity (Wildman–Crippen MR) is 158 cm³/mol. The standard InChI is InChI=1S/C25H19ClN5O5PS2.Ca.2H/c26-17-5-1-16(2-6-17)24-30-18(13-38-24)14-39-25-21(12-28)22(20(11-27)23(29)31-25)15-3-7-19(8-4-15)35-9-10-36-37(32,33)34;;;/h1-8,13H,9-10,14H2,(H2,29,31)(H2,32,33,34);;;. The molecule has 2 aromatic carbocycles. The van der Waals surface area contributed by atoms with Gasteiger partial charge in [0.05, 0.1) is 17.9 Å². The number of benzene rings is 2. The molecule has 0 unspecified atom stereocenters. The predicted octanol–water partition coefficient (Wildman–Crippen LogP) is 4.72. The molecule has 0 radical (unpaired) electrons. The van der Waals surface area contributed by atoms with Crippen molar-refractivity contribution in [3.8, 4) is 39.6 Å². The number of rotatable bonds is 10. The third-order valence-corrected chi connectivity index (χ3v) is 7.89. The minimum atomic E-state index is -4.57. The fraction of sp³-hybridized carbons (Fsp3) is 0.120. The summed E-state index contributed by atoms with van der Waals surface area (Å²) in [6.45, 7) is -0.387. The molecule has 4 N–H and O–H groups in total. The van der Waals surface area contributed by atoms with Crippen molar-refractivity contribution in [2.24, 2.45) is 0 Å². The van der Waals surface area contributed by atoms with Crippen LogP contribution >= 0.6 is 42.5 Å². The first-order valence-corrected chi connectivity index (χ1v) is 14.9. The fourth-order valence-electron chi connectivity index (χ4n) is 3.47. The van der Waals surface area contributed by atoms with Gasteiger partial charge in [0.2, 0.25) is 0 Å². The van der Waals surface area contributed by atoms with Crippen molar-refractivity contribution in [1.82, 2.24) is 9.97 Å². The number of thioether (sulfide) groups is 1. The van der Waals surface area contributed by atoms with Gasteiger partial charge >= 0.3 is 45.6 Å². The Morgan fingerprint density at radius 3 is 2.27 bits per heavy atom. The van der Waals surface area contributed by atoms with Crippen molar-refractivity contribution in [3.63, 3.8) is 0 Å². The van der Waals surface area contributed by atoms with E-state index in [2.05, 4.69) is 20.6 Å². The summed E-state index contributed by atoms with van der Waals surface area (Å²) in [5.41, 5.74) is 9.06. The molecule has 0 aliphatic carbocycles. The number of hydrogen-bond donors (Lipinski definition) is 3. The molecule has 0 bridgehead atoms. The van der Waals surface area contributed by atoms with Gasteiger partial charge in [-0.3, -0.25) is 4.52 Å². The van der Waals surface area contributed by atoms with E-state index in [9.17, 15) is 15.1 Å². The molecule has 202 valence electrons. The monoisotopic (exact) mass is 641 g/mol. The number of pyridine rings is 1. The normalized spacial score (nSPS) is 10.8. The quantitative estimate of drug-likeness (QED) is 0.0945. The van der Waals surface area contributed by atoms with Crippen LogP contribution in [0, 0.1) is 22.7 Å². The van der Waals surface area contributed by atoms with Crippen molar-refractivity contribution in [2.75, 3.05) is 18.9 Å². The summed E-state index contributed by atoms with van der Waals surface area (Å²) in [5, 5.41) is 23.6. The van der Waals surface area contributed by atoms with Crippen LogP contribution in [0.3, 0.4) is 0 Å². The number of phosphoric ester groups is 1. The number of nitriles is 2. The van der Waals surface area contributed by atoms with Gasteiger partial charge in [-0.05, 0) is 29.8 Å². The maximum atomic E-state index is 10.8. The zero-order chi connectivity index (χ0) is 28.0. The summed E-state index contributed by atoms with van der Waals surface area (Å²) < 4.78 is 20.5. The Kier molecular flexibility index (Phi) is 11.8. The van der Waals surface area contributed by atoms with Crippen molar-refractivity contribution in [3.05, 3.63) is 75.8 Å². The number of hydrogen-bond acceptors (Lipinski definition) is 10. The number of nitrogen functional groups attached to an aromatic ring is 1. The zero-order valence-corrected chi connectivity index (χ0v) is 23.2. The fourth-order valence-corrected chi connectivity index (χ4v) is 5.72. The van der Waals surface area contributed by atoms with Crippen molar-refractivity contribution >= 4 is 86.1 Å². The summed E-state index contributed by atoms with van der Waals surface area (Å²) in [7, 11) is -4.57. The van der Waals surface area contributed by atoms with Gasteiger partial charge in [-0.1, -0.05) is 47.6 Å². The van der Waals surface area contributed by atoms with Crippen LogP contribution in [0.5, 0.6) is 5.75 Å². The van der Waals surface area contributed by atoms with Gasteiger partial charge < -0.3 is 20.3 Å². The molecule has 0 spiro atoms. The van der Waals surface area contributed by atoms with Crippen molar-refractivity contribution in [2.45, 2.75) is 10.8 Å². The van der Waals surface area contributed by atoms with Crippen LogP contribution in [0.1, 0.15) is 16.8 Å². The molecule has 0 saturated heterocycles. The third kappa shape index (κ3) is 8.41. The molecular formula is C25H21CaClN5O5PS2. The van der Waals surface area contributed by atoms with Crippen LogP contribution in [-0.2, 0) is 14.8 Å². The first-order chi connectivity index (χ1) is 18.7. The Morgan fingerprint density at radius 1 is 1.00 bits per heavy atom. The molecule has 0 atom stereocenters. The maximum absolute atomic E-state index is 10.8. The number of thiazole rings is 1. The molecule has 10 nitrogen and oxygen atoms in total. The van der Waals surface area contributed by atoms with E-state index in [0.717, 1.165) is 16.3 Å². The summed E-state index contributed by atoms with van der Waals surface area (Å²) in [5.74, 6) is 0.839. The zero-order valence-electron chi connectivity index (χ0n) is 19.9. The first kappa shape index (κ1) is 32.3. The molecule has 0 saturated carbocycles. The van der Waals surface area contributed by atoms with Crippen LogP contribution in [0.4, 0.5) is 5.82 Å². The van der Waals surface area contributed by atoms with Crippen molar-refractivity contribution < 1.29 is 23.6 Å². The molecule has 0 aliphatic rings.